The minimum absolute atomic E-state index is 0.111. The SMILES string of the molecule is Cc1cc(F)cnc1N1CCN(c2ncnc3c2c(-c2ccc4oc(N)nc4c2)nn3C(C)C)CC1. The van der Waals surface area contributed by atoms with Crippen molar-refractivity contribution in [2.75, 3.05) is 41.7 Å². The third kappa shape index (κ3) is 3.67. The van der Waals surface area contributed by atoms with Crippen molar-refractivity contribution in [3.63, 3.8) is 0 Å². The highest BCUT2D eigenvalue weighted by Crippen LogP contribution is 2.36. The van der Waals surface area contributed by atoms with Crippen LogP contribution in [0.25, 0.3) is 33.4 Å². The van der Waals surface area contributed by atoms with Crippen LogP contribution in [0.2, 0.25) is 0 Å². The minimum Gasteiger partial charge on any atom is -0.424 e. The molecular formula is C25H26FN9O. The summed E-state index contributed by atoms with van der Waals surface area (Å²) in [6.45, 7) is 8.99. The molecule has 0 unspecified atom stereocenters. The number of benzene rings is 1. The number of piperazine rings is 1. The Bertz CT molecular complexity index is 1580. The van der Waals surface area contributed by atoms with Crippen LogP contribution in [0.5, 0.6) is 0 Å². The molecular weight excluding hydrogens is 461 g/mol. The molecule has 0 radical (unpaired) electrons. The summed E-state index contributed by atoms with van der Waals surface area (Å²) >= 11 is 0. The normalized spacial score (nSPS) is 14.5. The molecule has 0 aliphatic carbocycles. The van der Waals surface area contributed by atoms with Crippen molar-refractivity contribution < 1.29 is 8.81 Å². The number of oxazole rings is 1. The number of nitrogen functional groups attached to an aromatic ring is 1. The standard InChI is InChI=1S/C25H26FN9O/c1-14(2)35-24-20(21(32-35)16-4-5-19-18(11-16)31-25(27)36-19)23(29-13-30-24)34-8-6-33(7-9-34)22-15(3)10-17(26)12-28-22/h4-5,10-14H,6-9H2,1-3H3,(H2,27,31). The first kappa shape index (κ1) is 22.2. The third-order valence-corrected chi connectivity index (χ3v) is 6.53. The number of hydrogen-bond acceptors (Lipinski definition) is 9. The van der Waals surface area contributed by atoms with Crippen LogP contribution in [0.4, 0.5) is 22.0 Å². The molecule has 1 fully saturated rings. The first-order valence-electron chi connectivity index (χ1n) is 11.9. The number of aryl methyl sites for hydroxylation is 1. The van der Waals surface area contributed by atoms with Crippen LogP contribution < -0.4 is 15.5 Å². The zero-order valence-corrected chi connectivity index (χ0v) is 20.3. The molecule has 0 spiro atoms. The summed E-state index contributed by atoms with van der Waals surface area (Å²) in [6, 6.07) is 7.51. The van der Waals surface area contributed by atoms with Crippen molar-refractivity contribution in [2.45, 2.75) is 26.8 Å². The molecule has 1 aromatic carbocycles. The fourth-order valence-electron chi connectivity index (χ4n) is 4.85. The number of rotatable bonds is 4. The number of halogens is 1. The van der Waals surface area contributed by atoms with Crippen LogP contribution in [0.15, 0.2) is 41.2 Å². The summed E-state index contributed by atoms with van der Waals surface area (Å²) < 4.78 is 20.9. The van der Waals surface area contributed by atoms with Gasteiger partial charge >= 0.3 is 0 Å². The second kappa shape index (κ2) is 8.43. The molecule has 6 rings (SSSR count). The molecule has 0 atom stereocenters. The maximum Gasteiger partial charge on any atom is 0.292 e. The number of anilines is 3. The second-order valence-corrected chi connectivity index (χ2v) is 9.29. The van der Waals surface area contributed by atoms with E-state index in [-0.39, 0.29) is 17.9 Å². The second-order valence-electron chi connectivity index (χ2n) is 9.29. The Kier molecular flexibility index (Phi) is 5.20. The third-order valence-electron chi connectivity index (χ3n) is 6.53. The van der Waals surface area contributed by atoms with Crippen LogP contribution in [0, 0.1) is 12.7 Å². The predicted molar refractivity (Wildman–Crippen MR) is 136 cm³/mol. The van der Waals surface area contributed by atoms with Gasteiger partial charge in [0.2, 0.25) is 0 Å². The Morgan fingerprint density at radius 3 is 2.47 bits per heavy atom. The average Bonchev–Trinajstić information content (AvgIpc) is 3.43. The summed E-state index contributed by atoms with van der Waals surface area (Å²) in [6.07, 6.45) is 2.87. The molecule has 11 heteroatoms. The Labute approximate surface area is 206 Å². The molecule has 4 aromatic heterocycles. The van der Waals surface area contributed by atoms with Gasteiger partial charge in [0.25, 0.3) is 6.01 Å². The number of aromatic nitrogens is 6. The average molecular weight is 488 g/mol. The van der Waals surface area contributed by atoms with E-state index in [1.54, 1.807) is 6.33 Å². The van der Waals surface area contributed by atoms with Crippen LogP contribution in [0.3, 0.4) is 0 Å². The maximum absolute atomic E-state index is 13.5. The molecule has 0 saturated carbocycles. The fourth-order valence-corrected chi connectivity index (χ4v) is 4.85. The Balaban J connectivity index is 1.40. The van der Waals surface area contributed by atoms with E-state index in [9.17, 15) is 4.39 Å². The summed E-state index contributed by atoms with van der Waals surface area (Å²) in [5.41, 5.74) is 10.3. The van der Waals surface area contributed by atoms with Gasteiger partial charge in [-0.1, -0.05) is 0 Å². The number of nitrogens with zero attached hydrogens (tertiary/aromatic N) is 8. The van der Waals surface area contributed by atoms with Crippen LogP contribution in [-0.2, 0) is 0 Å². The van der Waals surface area contributed by atoms with Gasteiger partial charge in [-0.2, -0.15) is 10.1 Å². The van der Waals surface area contributed by atoms with Gasteiger partial charge in [0, 0.05) is 37.8 Å². The molecule has 0 amide bonds. The Morgan fingerprint density at radius 1 is 1.00 bits per heavy atom. The zero-order chi connectivity index (χ0) is 25.0. The Hall–Kier alpha value is -4.28. The molecule has 1 saturated heterocycles. The van der Waals surface area contributed by atoms with Gasteiger partial charge in [0.15, 0.2) is 11.2 Å². The van der Waals surface area contributed by atoms with Crippen molar-refractivity contribution in [1.82, 2.24) is 29.7 Å². The molecule has 10 nitrogen and oxygen atoms in total. The van der Waals surface area contributed by atoms with Gasteiger partial charge < -0.3 is 20.0 Å². The van der Waals surface area contributed by atoms with Crippen molar-refractivity contribution in [3.05, 3.63) is 48.2 Å². The van der Waals surface area contributed by atoms with Gasteiger partial charge in [-0.05, 0) is 50.6 Å². The monoisotopic (exact) mass is 487 g/mol. The quantitative estimate of drug-likeness (QED) is 0.402. The zero-order valence-electron chi connectivity index (χ0n) is 20.3. The van der Waals surface area contributed by atoms with E-state index < -0.39 is 0 Å². The summed E-state index contributed by atoms with van der Waals surface area (Å²) in [4.78, 5) is 22.4. The molecule has 5 aromatic rings. The predicted octanol–water partition coefficient (Wildman–Crippen LogP) is 3.97. The van der Waals surface area contributed by atoms with Gasteiger partial charge in [-0.15, -0.1) is 0 Å². The van der Waals surface area contributed by atoms with E-state index in [1.807, 2.05) is 29.8 Å². The highest BCUT2D eigenvalue weighted by Gasteiger charge is 2.26. The van der Waals surface area contributed by atoms with Gasteiger partial charge in [-0.3, -0.25) is 0 Å². The van der Waals surface area contributed by atoms with E-state index in [0.717, 1.165) is 65.7 Å². The highest BCUT2D eigenvalue weighted by molar-refractivity contribution is 6.00. The number of fused-ring (bicyclic) bond motifs is 2. The first-order chi connectivity index (χ1) is 17.4. The smallest absolute Gasteiger partial charge is 0.292 e. The van der Waals surface area contributed by atoms with Crippen molar-refractivity contribution >= 4 is 39.8 Å². The van der Waals surface area contributed by atoms with E-state index in [0.29, 0.717) is 11.1 Å². The molecule has 1 aliphatic heterocycles. The highest BCUT2D eigenvalue weighted by atomic mass is 19.1. The minimum atomic E-state index is -0.320. The van der Waals surface area contributed by atoms with Crippen LogP contribution >= 0.6 is 0 Å². The van der Waals surface area contributed by atoms with Gasteiger partial charge in [-0.25, -0.2) is 24.0 Å². The largest absolute Gasteiger partial charge is 0.424 e. The summed E-state index contributed by atoms with van der Waals surface area (Å²) in [7, 11) is 0. The first-order valence-corrected chi connectivity index (χ1v) is 11.9. The van der Waals surface area contributed by atoms with Crippen molar-refractivity contribution in [3.8, 4) is 11.3 Å². The summed E-state index contributed by atoms with van der Waals surface area (Å²) in [5.74, 6) is 1.34. The van der Waals surface area contributed by atoms with Gasteiger partial charge in [0.05, 0.1) is 11.6 Å². The van der Waals surface area contributed by atoms with E-state index in [1.165, 1.54) is 12.3 Å². The Morgan fingerprint density at radius 2 is 1.75 bits per heavy atom. The summed E-state index contributed by atoms with van der Waals surface area (Å²) in [5, 5.41) is 5.85. The molecule has 2 N–H and O–H groups in total. The van der Waals surface area contributed by atoms with Crippen LogP contribution in [0.1, 0.15) is 25.5 Å². The van der Waals surface area contributed by atoms with E-state index in [4.69, 9.17) is 20.2 Å². The van der Waals surface area contributed by atoms with Gasteiger partial charge in [0.1, 0.15) is 35.0 Å². The van der Waals surface area contributed by atoms with Crippen molar-refractivity contribution in [1.29, 1.82) is 0 Å². The van der Waals surface area contributed by atoms with E-state index in [2.05, 4.69) is 38.6 Å². The van der Waals surface area contributed by atoms with E-state index >= 15 is 0 Å². The number of nitrogens with two attached hydrogens (primary N) is 1. The molecule has 1 aliphatic rings. The maximum atomic E-state index is 13.5. The van der Waals surface area contributed by atoms with Crippen LogP contribution in [-0.4, -0.2) is 55.9 Å². The number of pyridine rings is 1. The topological polar surface area (TPSA) is 115 Å². The van der Waals surface area contributed by atoms with Crippen molar-refractivity contribution in [2.24, 2.45) is 0 Å². The molecule has 5 heterocycles. The lowest BCUT2D eigenvalue weighted by molar-refractivity contribution is 0.548. The molecule has 184 valence electrons. The molecule has 36 heavy (non-hydrogen) atoms. The molecule has 0 bridgehead atoms. The lowest BCUT2D eigenvalue weighted by Gasteiger charge is -2.36. The fraction of sp³-hybridized carbons (Fsp3) is 0.320. The lowest BCUT2D eigenvalue weighted by Crippen LogP contribution is -2.47. The number of hydrogen-bond donors (Lipinski definition) is 1. The lowest BCUT2D eigenvalue weighted by atomic mass is 10.1.